The molecule has 0 saturated carbocycles. The lowest BCUT2D eigenvalue weighted by Crippen LogP contribution is -2.17. The van der Waals surface area contributed by atoms with Gasteiger partial charge in [0.05, 0.1) is 17.6 Å². The second-order valence-electron chi connectivity index (χ2n) is 6.57. The summed E-state index contributed by atoms with van der Waals surface area (Å²) in [6.45, 7) is 0. The normalized spacial score (nSPS) is 31.0. The van der Waals surface area contributed by atoms with Gasteiger partial charge >= 0.3 is 0 Å². The Morgan fingerprint density at radius 2 is 2.05 bits per heavy atom. The number of rotatable bonds is 1. The number of hydrogen-bond donors (Lipinski definition) is 1. The van der Waals surface area contributed by atoms with E-state index in [9.17, 15) is 0 Å². The number of aromatic nitrogens is 2. The zero-order valence-electron chi connectivity index (χ0n) is 12.0. The maximum Gasteiger partial charge on any atom is 0.138 e. The van der Waals surface area contributed by atoms with Gasteiger partial charge < -0.3 is 10.5 Å². The molecule has 0 spiro atoms. The van der Waals surface area contributed by atoms with Crippen LogP contribution in [0.1, 0.15) is 54.3 Å². The van der Waals surface area contributed by atoms with Crippen molar-refractivity contribution in [2.75, 3.05) is 5.73 Å². The molecule has 2 bridgehead atoms. The molecular formula is C16H19N3OS. The van der Waals surface area contributed by atoms with Crippen molar-refractivity contribution in [3.8, 4) is 0 Å². The lowest BCUT2D eigenvalue weighted by Gasteiger charge is -2.17. The minimum absolute atomic E-state index is 0.321. The van der Waals surface area contributed by atoms with Crippen LogP contribution in [0.4, 0.5) is 5.82 Å². The Morgan fingerprint density at radius 1 is 1.14 bits per heavy atom. The highest BCUT2D eigenvalue weighted by atomic mass is 32.1. The average Bonchev–Trinajstić information content (AvgIpc) is 3.19. The van der Waals surface area contributed by atoms with Gasteiger partial charge in [-0.1, -0.05) is 0 Å². The van der Waals surface area contributed by atoms with E-state index in [0.717, 1.165) is 35.3 Å². The number of aryl methyl sites for hydroxylation is 2. The highest BCUT2D eigenvalue weighted by molar-refractivity contribution is 7.19. The Balaban J connectivity index is 1.63. The van der Waals surface area contributed by atoms with Crippen molar-refractivity contribution in [1.29, 1.82) is 0 Å². The van der Waals surface area contributed by atoms with Gasteiger partial charge in [0, 0.05) is 10.8 Å². The van der Waals surface area contributed by atoms with E-state index in [1.807, 2.05) is 11.3 Å². The number of ether oxygens (including phenoxy) is 1. The smallest absolute Gasteiger partial charge is 0.138 e. The fourth-order valence-corrected chi connectivity index (χ4v) is 5.55. The first-order valence-corrected chi connectivity index (χ1v) is 8.84. The third-order valence-electron chi connectivity index (χ3n) is 5.30. The summed E-state index contributed by atoms with van der Waals surface area (Å²) in [6.07, 6.45) is 9.05. The van der Waals surface area contributed by atoms with Crippen molar-refractivity contribution >= 4 is 27.4 Å². The summed E-state index contributed by atoms with van der Waals surface area (Å²) < 4.78 is 5.96. The molecular weight excluding hydrogens is 282 g/mol. The first-order chi connectivity index (χ1) is 10.3. The van der Waals surface area contributed by atoms with Crippen LogP contribution in [0, 0.1) is 0 Å². The van der Waals surface area contributed by atoms with E-state index in [-0.39, 0.29) is 0 Å². The van der Waals surface area contributed by atoms with Gasteiger partial charge in [0.25, 0.3) is 0 Å². The number of anilines is 1. The van der Waals surface area contributed by atoms with Crippen LogP contribution in [0.3, 0.4) is 0 Å². The molecule has 0 amide bonds. The number of nitrogens with two attached hydrogens (primary N) is 1. The van der Waals surface area contributed by atoms with Crippen molar-refractivity contribution in [1.82, 2.24) is 9.97 Å². The fourth-order valence-electron chi connectivity index (χ4n) is 4.28. The van der Waals surface area contributed by atoms with E-state index in [1.165, 1.54) is 36.1 Å². The van der Waals surface area contributed by atoms with Gasteiger partial charge in [-0.25, -0.2) is 9.97 Å². The van der Waals surface area contributed by atoms with Crippen LogP contribution in [-0.2, 0) is 17.6 Å². The van der Waals surface area contributed by atoms with Gasteiger partial charge in [0.1, 0.15) is 16.5 Å². The molecule has 2 N–H and O–H groups in total. The van der Waals surface area contributed by atoms with E-state index in [1.54, 1.807) is 0 Å². The molecule has 3 atom stereocenters. The molecule has 0 radical (unpaired) electrons. The van der Waals surface area contributed by atoms with Crippen LogP contribution in [0.2, 0.25) is 0 Å². The predicted molar refractivity (Wildman–Crippen MR) is 83.7 cm³/mol. The number of thiophene rings is 1. The van der Waals surface area contributed by atoms with Crippen molar-refractivity contribution in [3.05, 3.63) is 16.3 Å². The minimum Gasteiger partial charge on any atom is -0.383 e. The monoisotopic (exact) mass is 301 g/mol. The quantitative estimate of drug-likeness (QED) is 0.878. The van der Waals surface area contributed by atoms with Crippen molar-refractivity contribution < 1.29 is 4.74 Å². The Bertz CT molecular complexity index is 726. The molecule has 2 aromatic rings. The van der Waals surface area contributed by atoms with Gasteiger partial charge in [-0.05, 0) is 50.5 Å². The molecule has 2 fully saturated rings. The molecule has 2 aromatic heterocycles. The zero-order chi connectivity index (χ0) is 14.0. The summed E-state index contributed by atoms with van der Waals surface area (Å²) in [5, 5.41) is 1.14. The average molecular weight is 301 g/mol. The molecule has 110 valence electrons. The molecule has 3 aliphatic rings. The summed E-state index contributed by atoms with van der Waals surface area (Å²) >= 11 is 1.83. The van der Waals surface area contributed by atoms with E-state index in [0.29, 0.717) is 23.9 Å². The van der Waals surface area contributed by atoms with Gasteiger partial charge in [-0.3, -0.25) is 0 Å². The van der Waals surface area contributed by atoms with E-state index in [2.05, 4.69) is 4.98 Å². The molecule has 5 heteroatoms. The summed E-state index contributed by atoms with van der Waals surface area (Å²) in [7, 11) is 0. The molecule has 2 saturated heterocycles. The molecule has 4 nitrogen and oxygen atoms in total. The molecule has 1 aliphatic carbocycles. The van der Waals surface area contributed by atoms with E-state index in [4.69, 9.17) is 15.5 Å². The van der Waals surface area contributed by atoms with Crippen LogP contribution >= 0.6 is 11.3 Å². The van der Waals surface area contributed by atoms with Crippen molar-refractivity contribution in [2.45, 2.75) is 63.1 Å². The fraction of sp³-hybridized carbons (Fsp3) is 0.625. The second kappa shape index (κ2) is 4.40. The van der Waals surface area contributed by atoms with Gasteiger partial charge in [0.15, 0.2) is 0 Å². The third-order valence-corrected chi connectivity index (χ3v) is 6.48. The Labute approximate surface area is 127 Å². The molecule has 2 aliphatic heterocycles. The van der Waals surface area contributed by atoms with Crippen LogP contribution in [0.15, 0.2) is 0 Å². The topological polar surface area (TPSA) is 61.0 Å². The zero-order valence-corrected chi connectivity index (χ0v) is 12.8. The van der Waals surface area contributed by atoms with Crippen LogP contribution in [0.25, 0.3) is 10.2 Å². The SMILES string of the molecule is Nc1nc(C2CC3CCC2O3)nc2sc3c(c12)CCCC3. The largest absolute Gasteiger partial charge is 0.383 e. The lowest BCUT2D eigenvalue weighted by molar-refractivity contribution is 0.0999. The Hall–Kier alpha value is -1.20. The van der Waals surface area contributed by atoms with Gasteiger partial charge in [-0.15, -0.1) is 11.3 Å². The molecule has 0 aromatic carbocycles. The lowest BCUT2D eigenvalue weighted by atomic mass is 9.88. The summed E-state index contributed by atoms with van der Waals surface area (Å²) in [4.78, 5) is 12.2. The summed E-state index contributed by atoms with van der Waals surface area (Å²) in [5.41, 5.74) is 7.73. The summed E-state index contributed by atoms with van der Waals surface area (Å²) in [5.74, 6) is 1.97. The van der Waals surface area contributed by atoms with Crippen molar-refractivity contribution in [3.63, 3.8) is 0 Å². The first kappa shape index (κ1) is 12.4. The number of nitrogen functional groups attached to an aromatic ring is 1. The highest BCUT2D eigenvalue weighted by Gasteiger charge is 2.43. The van der Waals surface area contributed by atoms with Crippen molar-refractivity contribution in [2.24, 2.45) is 0 Å². The minimum atomic E-state index is 0.321. The Morgan fingerprint density at radius 3 is 2.86 bits per heavy atom. The maximum atomic E-state index is 6.31. The van der Waals surface area contributed by atoms with Crippen LogP contribution < -0.4 is 5.73 Å². The standard InChI is InChI=1S/C16H19N3OS/c17-14-13-9-3-1-2-4-12(9)21-16(13)19-15(18-14)10-7-8-5-6-11(10)20-8/h8,10-11H,1-7H2,(H2,17,18,19). The van der Waals surface area contributed by atoms with Crippen LogP contribution in [-0.4, -0.2) is 22.2 Å². The Kier molecular flexibility index (Phi) is 2.59. The highest BCUT2D eigenvalue weighted by Crippen LogP contribution is 2.45. The predicted octanol–water partition coefficient (Wildman–Crippen LogP) is 3.19. The van der Waals surface area contributed by atoms with E-state index >= 15 is 0 Å². The molecule has 4 heterocycles. The van der Waals surface area contributed by atoms with Crippen LogP contribution in [0.5, 0.6) is 0 Å². The van der Waals surface area contributed by atoms with Gasteiger partial charge in [0.2, 0.25) is 0 Å². The molecule has 3 unspecified atom stereocenters. The number of fused-ring (bicyclic) bond motifs is 5. The summed E-state index contributed by atoms with van der Waals surface area (Å²) in [6, 6.07) is 0. The number of hydrogen-bond acceptors (Lipinski definition) is 5. The second-order valence-corrected chi connectivity index (χ2v) is 7.66. The maximum absolute atomic E-state index is 6.31. The van der Waals surface area contributed by atoms with Gasteiger partial charge in [-0.2, -0.15) is 0 Å². The first-order valence-electron chi connectivity index (χ1n) is 8.02. The molecule has 5 rings (SSSR count). The number of nitrogens with zero attached hydrogens (tertiary/aromatic N) is 2. The third kappa shape index (κ3) is 1.77. The molecule has 21 heavy (non-hydrogen) atoms. The van der Waals surface area contributed by atoms with E-state index < -0.39 is 0 Å².